The summed E-state index contributed by atoms with van der Waals surface area (Å²) in [7, 11) is 1.77. The summed E-state index contributed by atoms with van der Waals surface area (Å²) in [6.07, 6.45) is 1.53. The van der Waals surface area contributed by atoms with Gasteiger partial charge in [0.05, 0.1) is 0 Å². The Morgan fingerprint density at radius 2 is 1.84 bits per heavy atom. The van der Waals surface area contributed by atoms with Crippen LogP contribution < -0.4 is 16.2 Å². The number of halogens is 4. The maximum absolute atomic E-state index is 12.0. The van der Waals surface area contributed by atoms with Gasteiger partial charge in [-0.2, -0.15) is 0 Å². The summed E-state index contributed by atoms with van der Waals surface area (Å²) in [5, 5.41) is 6.51. The fourth-order valence-corrected chi connectivity index (χ4v) is 2.48. The predicted molar refractivity (Wildman–Crippen MR) is 105 cm³/mol. The molecule has 0 radical (unpaired) electrons. The van der Waals surface area contributed by atoms with Crippen molar-refractivity contribution in [1.29, 1.82) is 0 Å². The van der Waals surface area contributed by atoms with Crippen LogP contribution in [-0.2, 0) is 6.42 Å². The number of aromatic amines is 1. The number of nitrogens with zero attached hydrogens (tertiary/aromatic N) is 1. The minimum absolute atomic E-state index is 0. The van der Waals surface area contributed by atoms with Crippen LogP contribution >= 0.6 is 48.0 Å². The molecule has 3 N–H and O–H groups in total. The molecule has 10 heteroatoms. The Morgan fingerprint density at radius 3 is 2.40 bits per heavy atom. The Hall–Kier alpha value is -1.31. The van der Waals surface area contributed by atoms with Crippen LogP contribution in [0.4, 0.5) is 0 Å². The van der Waals surface area contributed by atoms with Crippen molar-refractivity contribution in [1.82, 2.24) is 20.6 Å². The highest BCUT2D eigenvalue weighted by atomic mass is 35.5. The molecule has 0 spiro atoms. The van der Waals surface area contributed by atoms with Crippen molar-refractivity contribution < 1.29 is 4.79 Å². The second kappa shape index (κ2) is 11.3. The van der Waals surface area contributed by atoms with Gasteiger partial charge in [-0.05, 0) is 24.7 Å². The molecule has 0 aliphatic carbocycles. The van der Waals surface area contributed by atoms with E-state index < -0.39 is 11.5 Å². The number of carbonyl (C=O) groups is 1. The van der Waals surface area contributed by atoms with Crippen LogP contribution in [0.5, 0.6) is 0 Å². The number of benzene rings is 1. The molecular formula is C15H18Cl4N4O2. The number of aromatic nitrogens is 2. The molecule has 1 amide bonds. The molecule has 0 unspecified atom stereocenters. The smallest absolute Gasteiger partial charge is 0.263 e. The first-order valence-electron chi connectivity index (χ1n) is 6.96. The van der Waals surface area contributed by atoms with Crippen LogP contribution in [0.1, 0.15) is 21.7 Å². The van der Waals surface area contributed by atoms with Gasteiger partial charge in [-0.3, -0.25) is 9.59 Å². The molecule has 25 heavy (non-hydrogen) atoms. The van der Waals surface area contributed by atoms with Crippen molar-refractivity contribution >= 4 is 53.9 Å². The highest BCUT2D eigenvalue weighted by molar-refractivity contribution is 6.36. The number of amides is 1. The highest BCUT2D eigenvalue weighted by Crippen LogP contribution is 2.25. The third-order valence-electron chi connectivity index (χ3n) is 3.16. The number of carbonyl (C=O) groups excluding carboxylic acids is 1. The molecule has 1 heterocycles. The fourth-order valence-electron chi connectivity index (χ4n) is 1.95. The maximum Gasteiger partial charge on any atom is 0.263 e. The van der Waals surface area contributed by atoms with E-state index in [1.807, 2.05) is 0 Å². The minimum Gasteiger partial charge on any atom is -0.351 e. The second-order valence-electron chi connectivity index (χ2n) is 4.81. The van der Waals surface area contributed by atoms with E-state index in [9.17, 15) is 9.59 Å². The van der Waals surface area contributed by atoms with Gasteiger partial charge in [0, 0.05) is 35.8 Å². The van der Waals surface area contributed by atoms with Crippen LogP contribution in [-0.4, -0.2) is 36.0 Å². The molecular weight excluding hydrogens is 410 g/mol. The third-order valence-corrected chi connectivity index (χ3v) is 3.87. The van der Waals surface area contributed by atoms with Crippen LogP contribution in [0.15, 0.2) is 29.2 Å². The van der Waals surface area contributed by atoms with Crippen molar-refractivity contribution in [2.75, 3.05) is 20.1 Å². The summed E-state index contributed by atoms with van der Waals surface area (Å²) >= 11 is 12.2. The quantitative estimate of drug-likeness (QED) is 0.618. The molecule has 0 bridgehead atoms. The van der Waals surface area contributed by atoms with Crippen molar-refractivity contribution in [2.45, 2.75) is 6.42 Å². The first-order chi connectivity index (χ1) is 11.0. The van der Waals surface area contributed by atoms with Gasteiger partial charge in [-0.1, -0.05) is 29.3 Å². The number of H-pyrrole nitrogens is 1. The number of likely N-dealkylation sites (N-methyl/N-ethyl adjacent to an activating group) is 1. The summed E-state index contributed by atoms with van der Waals surface area (Å²) < 4.78 is 0. The first kappa shape index (κ1) is 23.7. The third kappa shape index (κ3) is 6.49. The summed E-state index contributed by atoms with van der Waals surface area (Å²) in [6, 6.07) is 5.16. The Morgan fingerprint density at radius 1 is 1.20 bits per heavy atom. The maximum atomic E-state index is 12.0. The van der Waals surface area contributed by atoms with E-state index in [1.54, 1.807) is 25.2 Å². The second-order valence-corrected chi connectivity index (χ2v) is 5.62. The SMILES string of the molecule is CNCCNC(=O)c1cnc(Cc2c(Cl)cccc2Cl)[nH]c1=O.Cl.Cl. The first-order valence-corrected chi connectivity index (χ1v) is 7.72. The lowest BCUT2D eigenvalue weighted by molar-refractivity contribution is 0.0952. The number of hydrogen-bond acceptors (Lipinski definition) is 4. The summed E-state index contributed by atoms with van der Waals surface area (Å²) in [5.74, 6) is -0.0758. The molecule has 0 atom stereocenters. The zero-order valence-electron chi connectivity index (χ0n) is 13.3. The lowest BCUT2D eigenvalue weighted by atomic mass is 10.1. The summed E-state index contributed by atoms with van der Waals surface area (Å²) in [6.45, 7) is 1.03. The average molecular weight is 428 g/mol. The minimum atomic E-state index is -0.500. The van der Waals surface area contributed by atoms with Gasteiger partial charge >= 0.3 is 0 Å². The van der Waals surface area contributed by atoms with Gasteiger partial charge in [0.15, 0.2) is 0 Å². The lowest BCUT2D eigenvalue weighted by Crippen LogP contribution is -2.34. The lowest BCUT2D eigenvalue weighted by Gasteiger charge is -2.07. The van der Waals surface area contributed by atoms with E-state index in [1.165, 1.54) is 6.20 Å². The largest absolute Gasteiger partial charge is 0.351 e. The zero-order valence-corrected chi connectivity index (χ0v) is 16.4. The van der Waals surface area contributed by atoms with E-state index in [-0.39, 0.29) is 36.8 Å². The van der Waals surface area contributed by atoms with Gasteiger partial charge < -0.3 is 15.6 Å². The topological polar surface area (TPSA) is 86.9 Å². The van der Waals surface area contributed by atoms with E-state index in [0.29, 0.717) is 34.5 Å². The number of rotatable bonds is 6. The standard InChI is InChI=1S/C15H16Cl2N4O2.2ClH/c1-18-5-6-19-14(22)10-8-20-13(21-15(10)23)7-9-11(16)3-2-4-12(9)17;;/h2-4,8,18H,5-7H2,1H3,(H,19,22)(H,20,21,23);2*1H. The Bertz CT molecular complexity index is 747. The van der Waals surface area contributed by atoms with Crippen LogP contribution in [0.2, 0.25) is 10.0 Å². The molecule has 1 aromatic heterocycles. The Kier molecular flexibility index (Phi) is 10.7. The normalized spacial score (nSPS) is 9.72. The Labute approximate surface area is 167 Å². The number of hydrogen-bond donors (Lipinski definition) is 3. The molecule has 1 aromatic carbocycles. The van der Waals surface area contributed by atoms with Gasteiger partial charge in [0.25, 0.3) is 11.5 Å². The van der Waals surface area contributed by atoms with Crippen LogP contribution in [0.25, 0.3) is 0 Å². The molecule has 0 saturated heterocycles. The van der Waals surface area contributed by atoms with Crippen molar-refractivity contribution in [3.05, 3.63) is 61.7 Å². The van der Waals surface area contributed by atoms with Crippen molar-refractivity contribution in [3.63, 3.8) is 0 Å². The average Bonchev–Trinajstić information content (AvgIpc) is 2.51. The van der Waals surface area contributed by atoms with E-state index >= 15 is 0 Å². The fraction of sp³-hybridized carbons (Fsp3) is 0.267. The summed E-state index contributed by atoms with van der Waals surface area (Å²) in [5.41, 5.74) is 0.139. The molecule has 138 valence electrons. The van der Waals surface area contributed by atoms with Gasteiger partial charge in [-0.25, -0.2) is 4.98 Å². The van der Waals surface area contributed by atoms with Crippen LogP contribution in [0.3, 0.4) is 0 Å². The van der Waals surface area contributed by atoms with E-state index in [2.05, 4.69) is 20.6 Å². The van der Waals surface area contributed by atoms with Crippen molar-refractivity contribution in [2.24, 2.45) is 0 Å². The predicted octanol–water partition coefficient (Wildman–Crippen LogP) is 2.46. The number of nitrogens with one attached hydrogen (secondary N) is 3. The molecule has 0 saturated carbocycles. The van der Waals surface area contributed by atoms with Crippen molar-refractivity contribution in [3.8, 4) is 0 Å². The molecule has 2 aromatic rings. The molecule has 2 rings (SSSR count). The highest BCUT2D eigenvalue weighted by Gasteiger charge is 2.13. The Balaban J connectivity index is 0.00000288. The molecule has 0 aliphatic heterocycles. The molecule has 0 fully saturated rings. The zero-order chi connectivity index (χ0) is 16.8. The molecule has 0 aliphatic rings. The van der Waals surface area contributed by atoms with Gasteiger partial charge in [0.1, 0.15) is 11.4 Å². The molecule has 6 nitrogen and oxygen atoms in total. The van der Waals surface area contributed by atoms with E-state index in [0.717, 1.165) is 0 Å². The van der Waals surface area contributed by atoms with Gasteiger partial charge in [0.2, 0.25) is 0 Å². The monoisotopic (exact) mass is 426 g/mol. The van der Waals surface area contributed by atoms with E-state index in [4.69, 9.17) is 23.2 Å². The summed E-state index contributed by atoms with van der Waals surface area (Å²) in [4.78, 5) is 30.6. The van der Waals surface area contributed by atoms with Gasteiger partial charge in [-0.15, -0.1) is 24.8 Å². The van der Waals surface area contributed by atoms with Crippen LogP contribution in [0, 0.1) is 0 Å².